The number of nitrogens with one attached hydrogen (secondary N) is 1. The second kappa shape index (κ2) is 7.56. The highest BCUT2D eigenvalue weighted by Crippen LogP contribution is 2.30. The van der Waals surface area contributed by atoms with Gasteiger partial charge in [0.2, 0.25) is 5.91 Å². The molecular formula is C19H21F3N4O2. The van der Waals surface area contributed by atoms with Crippen LogP contribution in [0.1, 0.15) is 22.5 Å². The van der Waals surface area contributed by atoms with E-state index < -0.39 is 17.8 Å². The molecule has 1 fully saturated rings. The van der Waals surface area contributed by atoms with Crippen molar-refractivity contribution in [2.24, 2.45) is 0 Å². The second-order valence-corrected chi connectivity index (χ2v) is 7.09. The molecule has 1 aromatic heterocycles. The minimum Gasteiger partial charge on any atom is -0.378 e. The molecule has 6 nitrogen and oxygen atoms in total. The fourth-order valence-corrected chi connectivity index (χ4v) is 3.73. The summed E-state index contributed by atoms with van der Waals surface area (Å²) in [6.45, 7) is 3.03. The second-order valence-electron chi connectivity index (χ2n) is 7.09. The van der Waals surface area contributed by atoms with Crippen LogP contribution in [0.2, 0.25) is 0 Å². The van der Waals surface area contributed by atoms with Crippen LogP contribution in [0.15, 0.2) is 30.6 Å². The molecular weight excluding hydrogens is 373 g/mol. The Balaban J connectivity index is 1.54. The van der Waals surface area contributed by atoms with E-state index in [0.717, 1.165) is 29.1 Å². The Kier molecular flexibility index (Phi) is 5.11. The molecule has 0 radical (unpaired) electrons. The van der Waals surface area contributed by atoms with Crippen LogP contribution in [-0.2, 0) is 35.2 Å². The fourth-order valence-electron chi connectivity index (χ4n) is 3.73. The molecule has 1 aromatic carbocycles. The number of rotatable bonds is 3. The van der Waals surface area contributed by atoms with Gasteiger partial charge in [0.25, 0.3) is 0 Å². The summed E-state index contributed by atoms with van der Waals surface area (Å²) in [7, 11) is 0. The minimum absolute atomic E-state index is 0.0175. The van der Waals surface area contributed by atoms with Crippen LogP contribution in [0.25, 0.3) is 0 Å². The molecule has 0 aliphatic carbocycles. The number of aromatic amines is 1. The molecule has 28 heavy (non-hydrogen) atoms. The maximum absolute atomic E-state index is 13.1. The zero-order chi connectivity index (χ0) is 19.7. The molecule has 1 amide bonds. The Labute approximate surface area is 160 Å². The van der Waals surface area contributed by atoms with Gasteiger partial charge in [0.1, 0.15) is 0 Å². The molecule has 0 saturated carbocycles. The largest absolute Gasteiger partial charge is 0.416 e. The molecule has 4 rings (SSSR count). The average molecular weight is 394 g/mol. The van der Waals surface area contributed by atoms with Gasteiger partial charge in [-0.1, -0.05) is 12.1 Å². The predicted octanol–water partition coefficient (Wildman–Crippen LogP) is 2.21. The molecule has 2 aliphatic rings. The molecule has 3 heterocycles. The maximum Gasteiger partial charge on any atom is 0.416 e. The average Bonchev–Trinajstić information content (AvgIpc) is 3.14. The van der Waals surface area contributed by atoms with Crippen LogP contribution < -0.4 is 0 Å². The number of hydrogen-bond acceptors (Lipinski definition) is 4. The van der Waals surface area contributed by atoms with Crippen molar-refractivity contribution < 1.29 is 22.7 Å². The van der Waals surface area contributed by atoms with Crippen molar-refractivity contribution in [1.82, 2.24) is 19.8 Å². The van der Waals surface area contributed by atoms with Crippen molar-refractivity contribution in [1.29, 1.82) is 0 Å². The number of halogens is 3. The summed E-state index contributed by atoms with van der Waals surface area (Å²) in [4.78, 5) is 24.3. The number of morpholine rings is 1. The van der Waals surface area contributed by atoms with Gasteiger partial charge in [0.05, 0.1) is 42.5 Å². The first-order chi connectivity index (χ1) is 13.4. The lowest BCUT2D eigenvalue weighted by Gasteiger charge is -2.38. The van der Waals surface area contributed by atoms with Gasteiger partial charge in [0, 0.05) is 32.6 Å². The fraction of sp³-hybridized carbons (Fsp3) is 0.474. The van der Waals surface area contributed by atoms with E-state index in [2.05, 4.69) is 9.97 Å². The standard InChI is InChI=1S/C19H21F3N4O2/c20-19(21,22)14-3-1-13(2-4-14)10-26-11-16-15(23-12-24-16)9-17(26)18(27)25-5-7-28-8-6-25/h1-4,12,17H,5-11H2,(H,23,24). The lowest BCUT2D eigenvalue weighted by atomic mass is 9.99. The number of carbonyl (C=O) groups is 1. The number of H-pyrrole nitrogens is 1. The third-order valence-corrected chi connectivity index (χ3v) is 5.27. The number of hydrogen-bond donors (Lipinski definition) is 1. The number of ether oxygens (including phenoxy) is 1. The Morgan fingerprint density at radius 3 is 2.61 bits per heavy atom. The molecule has 2 aromatic rings. The zero-order valence-electron chi connectivity index (χ0n) is 15.2. The summed E-state index contributed by atoms with van der Waals surface area (Å²) in [5, 5.41) is 0. The number of fused-ring (bicyclic) bond motifs is 1. The van der Waals surface area contributed by atoms with Crippen LogP contribution in [0.4, 0.5) is 13.2 Å². The predicted molar refractivity (Wildman–Crippen MR) is 94.2 cm³/mol. The molecule has 2 aliphatic heterocycles. The summed E-state index contributed by atoms with van der Waals surface area (Å²) in [5.41, 5.74) is 1.87. The van der Waals surface area contributed by atoms with E-state index in [1.54, 1.807) is 11.2 Å². The van der Waals surface area contributed by atoms with Gasteiger partial charge in [-0.2, -0.15) is 13.2 Å². The van der Waals surface area contributed by atoms with Gasteiger partial charge >= 0.3 is 6.18 Å². The van der Waals surface area contributed by atoms with Gasteiger partial charge in [-0.3, -0.25) is 9.69 Å². The maximum atomic E-state index is 13.1. The Hall–Kier alpha value is -2.39. The van der Waals surface area contributed by atoms with E-state index in [1.165, 1.54) is 12.1 Å². The van der Waals surface area contributed by atoms with E-state index in [9.17, 15) is 18.0 Å². The monoisotopic (exact) mass is 394 g/mol. The number of amides is 1. The van der Waals surface area contributed by atoms with Gasteiger partial charge in [-0.15, -0.1) is 0 Å². The topological polar surface area (TPSA) is 61.5 Å². The molecule has 1 unspecified atom stereocenters. The third-order valence-electron chi connectivity index (χ3n) is 5.27. The normalized spacial score (nSPS) is 20.8. The first-order valence-corrected chi connectivity index (χ1v) is 9.19. The molecule has 150 valence electrons. The Bertz CT molecular complexity index is 828. The van der Waals surface area contributed by atoms with Crippen molar-refractivity contribution in [3.8, 4) is 0 Å². The van der Waals surface area contributed by atoms with Crippen LogP contribution in [-0.4, -0.2) is 58.0 Å². The highest BCUT2D eigenvalue weighted by molar-refractivity contribution is 5.82. The summed E-state index contributed by atoms with van der Waals surface area (Å²) in [5.74, 6) is 0.0175. The van der Waals surface area contributed by atoms with Crippen molar-refractivity contribution in [3.63, 3.8) is 0 Å². The SMILES string of the molecule is O=C(C1Cc2nc[nH]c2CN1Cc1ccc(C(F)(F)F)cc1)N1CCOCC1. The molecule has 1 saturated heterocycles. The van der Waals surface area contributed by atoms with E-state index in [0.29, 0.717) is 45.8 Å². The number of nitrogens with zero attached hydrogens (tertiary/aromatic N) is 3. The van der Waals surface area contributed by atoms with E-state index in [1.807, 2.05) is 4.90 Å². The number of imidazole rings is 1. The van der Waals surface area contributed by atoms with Crippen LogP contribution in [0, 0.1) is 0 Å². The van der Waals surface area contributed by atoms with Crippen molar-refractivity contribution in [3.05, 3.63) is 53.1 Å². The lowest BCUT2D eigenvalue weighted by molar-refractivity contribution is -0.142. The molecule has 0 bridgehead atoms. The van der Waals surface area contributed by atoms with Gasteiger partial charge in [0.15, 0.2) is 0 Å². The summed E-state index contributed by atoms with van der Waals surface area (Å²) in [6, 6.07) is 4.72. The highest BCUT2D eigenvalue weighted by Gasteiger charge is 2.36. The van der Waals surface area contributed by atoms with Crippen LogP contribution >= 0.6 is 0 Å². The highest BCUT2D eigenvalue weighted by atomic mass is 19.4. The number of carbonyl (C=O) groups excluding carboxylic acids is 1. The molecule has 9 heteroatoms. The van der Waals surface area contributed by atoms with Gasteiger partial charge in [-0.05, 0) is 17.7 Å². The lowest BCUT2D eigenvalue weighted by Crippen LogP contribution is -2.53. The van der Waals surface area contributed by atoms with Gasteiger partial charge < -0.3 is 14.6 Å². The first-order valence-electron chi connectivity index (χ1n) is 9.19. The van der Waals surface area contributed by atoms with Crippen LogP contribution in [0.3, 0.4) is 0 Å². The van der Waals surface area contributed by atoms with E-state index >= 15 is 0 Å². The Morgan fingerprint density at radius 1 is 1.21 bits per heavy atom. The summed E-state index contributed by atoms with van der Waals surface area (Å²) < 4.78 is 43.7. The quantitative estimate of drug-likeness (QED) is 0.867. The van der Waals surface area contributed by atoms with Gasteiger partial charge in [-0.25, -0.2) is 4.98 Å². The van der Waals surface area contributed by atoms with Crippen molar-refractivity contribution >= 4 is 5.91 Å². The number of benzene rings is 1. The summed E-state index contributed by atoms with van der Waals surface area (Å²) in [6.07, 6.45) is -2.26. The third kappa shape index (κ3) is 3.90. The minimum atomic E-state index is -4.36. The Morgan fingerprint density at radius 2 is 1.93 bits per heavy atom. The number of alkyl halides is 3. The molecule has 0 spiro atoms. The van der Waals surface area contributed by atoms with Crippen LogP contribution in [0.5, 0.6) is 0 Å². The molecule has 1 N–H and O–H groups in total. The number of aromatic nitrogens is 2. The zero-order valence-corrected chi connectivity index (χ0v) is 15.2. The van der Waals surface area contributed by atoms with E-state index in [4.69, 9.17) is 4.74 Å². The molecule has 1 atom stereocenters. The van der Waals surface area contributed by atoms with Crippen molar-refractivity contribution in [2.45, 2.75) is 31.7 Å². The van der Waals surface area contributed by atoms with E-state index in [-0.39, 0.29) is 5.91 Å². The van der Waals surface area contributed by atoms with Crippen molar-refractivity contribution in [2.75, 3.05) is 26.3 Å². The smallest absolute Gasteiger partial charge is 0.378 e. The first kappa shape index (κ1) is 18.9. The summed E-state index contributed by atoms with van der Waals surface area (Å²) >= 11 is 0.